The number of hydrogen-bond donors (Lipinski definition) is 1. The van der Waals surface area contributed by atoms with Gasteiger partial charge in [0, 0.05) is 6.04 Å². The zero-order valence-corrected chi connectivity index (χ0v) is 10.3. The molecule has 1 aromatic rings. The van der Waals surface area contributed by atoms with E-state index in [4.69, 9.17) is 5.26 Å². The summed E-state index contributed by atoms with van der Waals surface area (Å²) in [4.78, 5) is 11.5. The van der Waals surface area contributed by atoms with Crippen molar-refractivity contribution in [3.05, 3.63) is 35.4 Å². The third kappa shape index (κ3) is 5.91. The fourth-order valence-electron chi connectivity index (χ4n) is 1.61. The quantitative estimate of drug-likeness (QED) is 0.914. The van der Waals surface area contributed by atoms with Crippen LogP contribution in [0.15, 0.2) is 24.3 Å². The lowest BCUT2D eigenvalue weighted by Gasteiger charge is -2.15. The Hall–Kier alpha value is -2.03. The van der Waals surface area contributed by atoms with E-state index in [-0.39, 0.29) is 6.42 Å². The molecular formula is C13H13F3N2O. The van der Waals surface area contributed by atoms with Gasteiger partial charge in [-0.1, -0.05) is 12.1 Å². The average Bonchev–Trinajstić information content (AvgIpc) is 2.27. The maximum atomic E-state index is 12.1. The third-order valence-electron chi connectivity index (χ3n) is 2.39. The molecule has 0 fully saturated rings. The van der Waals surface area contributed by atoms with Crippen LogP contribution in [0.25, 0.3) is 0 Å². The second-order valence-corrected chi connectivity index (χ2v) is 4.27. The summed E-state index contributed by atoms with van der Waals surface area (Å²) in [5, 5.41) is 10.9. The molecule has 0 aliphatic carbocycles. The minimum absolute atomic E-state index is 0.00605. The van der Waals surface area contributed by atoms with E-state index in [0.29, 0.717) is 11.1 Å². The van der Waals surface area contributed by atoms with Gasteiger partial charge in [0.2, 0.25) is 5.91 Å². The maximum absolute atomic E-state index is 12.1. The molecule has 1 amide bonds. The molecule has 1 atom stereocenters. The van der Waals surface area contributed by atoms with Gasteiger partial charge >= 0.3 is 6.18 Å². The highest BCUT2D eigenvalue weighted by Gasteiger charge is 2.30. The van der Waals surface area contributed by atoms with Gasteiger partial charge in [-0.25, -0.2) is 0 Å². The van der Waals surface area contributed by atoms with E-state index >= 15 is 0 Å². The summed E-state index contributed by atoms with van der Waals surface area (Å²) in [5.74, 6) is -0.471. The third-order valence-corrected chi connectivity index (χ3v) is 2.39. The molecule has 1 rings (SSSR count). The van der Waals surface area contributed by atoms with E-state index < -0.39 is 24.5 Å². The fraction of sp³-hybridized carbons (Fsp3) is 0.385. The number of nitrogens with one attached hydrogen (secondary N) is 1. The van der Waals surface area contributed by atoms with E-state index in [9.17, 15) is 18.0 Å². The van der Waals surface area contributed by atoms with Crippen molar-refractivity contribution >= 4 is 5.91 Å². The number of rotatable bonds is 4. The van der Waals surface area contributed by atoms with E-state index in [1.165, 1.54) is 6.92 Å². The Kier molecular flexibility index (Phi) is 4.93. The molecule has 0 bridgehead atoms. The molecule has 0 aliphatic rings. The van der Waals surface area contributed by atoms with Crippen LogP contribution in [0.5, 0.6) is 0 Å². The number of nitriles is 1. The molecule has 19 heavy (non-hydrogen) atoms. The zero-order valence-electron chi connectivity index (χ0n) is 10.3. The van der Waals surface area contributed by atoms with Gasteiger partial charge in [-0.15, -0.1) is 0 Å². The summed E-state index contributed by atoms with van der Waals surface area (Å²) < 4.78 is 36.3. The first-order chi connectivity index (χ1) is 8.80. The summed E-state index contributed by atoms with van der Waals surface area (Å²) in [6.45, 7) is 1.31. The minimum Gasteiger partial charge on any atom is -0.353 e. The Morgan fingerprint density at radius 1 is 1.37 bits per heavy atom. The molecule has 0 aromatic heterocycles. The predicted octanol–water partition coefficient (Wildman–Crippen LogP) is 2.56. The topological polar surface area (TPSA) is 52.9 Å². The highest BCUT2D eigenvalue weighted by Crippen LogP contribution is 2.21. The van der Waals surface area contributed by atoms with Crippen LogP contribution in [0.1, 0.15) is 24.5 Å². The molecule has 1 aromatic carbocycles. The molecule has 1 N–H and O–H groups in total. The molecule has 0 spiro atoms. The van der Waals surface area contributed by atoms with Crippen LogP contribution in [-0.4, -0.2) is 18.1 Å². The minimum atomic E-state index is -4.29. The van der Waals surface area contributed by atoms with Crippen LogP contribution >= 0.6 is 0 Å². The lowest BCUT2D eigenvalue weighted by atomic mass is 10.1. The van der Waals surface area contributed by atoms with Gasteiger partial charge in [0.25, 0.3) is 0 Å². The predicted molar refractivity (Wildman–Crippen MR) is 63.1 cm³/mol. The largest absolute Gasteiger partial charge is 0.391 e. The number of hydrogen-bond acceptors (Lipinski definition) is 2. The van der Waals surface area contributed by atoms with Gasteiger partial charge in [0.15, 0.2) is 0 Å². The molecule has 0 heterocycles. The number of alkyl halides is 3. The van der Waals surface area contributed by atoms with Crippen LogP contribution in [-0.2, 0) is 11.2 Å². The number of nitrogens with zero attached hydrogens (tertiary/aromatic N) is 1. The molecule has 0 saturated heterocycles. The number of halogens is 3. The lowest BCUT2D eigenvalue weighted by Crippen LogP contribution is -2.36. The Morgan fingerprint density at radius 3 is 2.42 bits per heavy atom. The van der Waals surface area contributed by atoms with Gasteiger partial charge in [-0.3, -0.25) is 4.79 Å². The van der Waals surface area contributed by atoms with E-state index in [1.54, 1.807) is 24.3 Å². The van der Waals surface area contributed by atoms with Crippen LogP contribution < -0.4 is 5.32 Å². The van der Waals surface area contributed by atoms with Crippen molar-refractivity contribution in [1.82, 2.24) is 5.32 Å². The average molecular weight is 270 g/mol. The van der Waals surface area contributed by atoms with Crippen molar-refractivity contribution in [2.75, 3.05) is 0 Å². The van der Waals surface area contributed by atoms with Crippen molar-refractivity contribution in [3.8, 4) is 6.07 Å². The van der Waals surface area contributed by atoms with Crippen LogP contribution in [0.4, 0.5) is 13.2 Å². The highest BCUT2D eigenvalue weighted by atomic mass is 19.4. The zero-order chi connectivity index (χ0) is 14.5. The second-order valence-electron chi connectivity index (χ2n) is 4.27. The van der Waals surface area contributed by atoms with E-state index in [0.717, 1.165) is 0 Å². The van der Waals surface area contributed by atoms with Crippen LogP contribution in [0.2, 0.25) is 0 Å². The number of benzene rings is 1. The van der Waals surface area contributed by atoms with Crippen LogP contribution in [0.3, 0.4) is 0 Å². The Labute approximate surface area is 109 Å². The van der Waals surface area contributed by atoms with Gasteiger partial charge in [0.1, 0.15) is 0 Å². The van der Waals surface area contributed by atoms with Crippen molar-refractivity contribution in [1.29, 1.82) is 5.26 Å². The summed E-state index contributed by atoms with van der Waals surface area (Å²) >= 11 is 0. The van der Waals surface area contributed by atoms with Crippen molar-refractivity contribution < 1.29 is 18.0 Å². The molecule has 102 valence electrons. The van der Waals surface area contributed by atoms with Gasteiger partial charge in [-0.05, 0) is 24.6 Å². The lowest BCUT2D eigenvalue weighted by molar-refractivity contribution is -0.141. The number of carbonyl (C=O) groups is 1. The van der Waals surface area contributed by atoms with Gasteiger partial charge in [0.05, 0.1) is 24.5 Å². The first kappa shape index (κ1) is 15.0. The molecule has 3 nitrogen and oxygen atoms in total. The van der Waals surface area contributed by atoms with E-state index in [1.807, 2.05) is 6.07 Å². The molecule has 0 aliphatic heterocycles. The molecule has 1 unspecified atom stereocenters. The molecule has 6 heteroatoms. The summed E-state index contributed by atoms with van der Waals surface area (Å²) in [6.07, 6.45) is -5.35. The van der Waals surface area contributed by atoms with Gasteiger partial charge in [-0.2, -0.15) is 18.4 Å². The number of amides is 1. The summed E-state index contributed by atoms with van der Waals surface area (Å²) in [6, 6.07) is 7.31. The van der Waals surface area contributed by atoms with Gasteiger partial charge < -0.3 is 5.32 Å². The Balaban J connectivity index is 2.49. The summed E-state index contributed by atoms with van der Waals surface area (Å²) in [7, 11) is 0. The first-order valence-corrected chi connectivity index (χ1v) is 5.65. The number of carbonyl (C=O) groups excluding carboxylic acids is 1. The van der Waals surface area contributed by atoms with E-state index in [2.05, 4.69) is 5.32 Å². The Morgan fingerprint density at radius 2 is 1.95 bits per heavy atom. The first-order valence-electron chi connectivity index (χ1n) is 5.65. The van der Waals surface area contributed by atoms with Crippen molar-refractivity contribution in [3.63, 3.8) is 0 Å². The van der Waals surface area contributed by atoms with Crippen molar-refractivity contribution in [2.45, 2.75) is 32.0 Å². The monoisotopic (exact) mass is 270 g/mol. The fourth-order valence-corrected chi connectivity index (χ4v) is 1.61. The smallest absolute Gasteiger partial charge is 0.353 e. The molecule has 0 saturated carbocycles. The SMILES string of the molecule is CC(CC(F)(F)F)NC(=O)Cc1ccc(C#N)cc1. The molecular weight excluding hydrogens is 257 g/mol. The van der Waals surface area contributed by atoms with Crippen LogP contribution in [0, 0.1) is 11.3 Å². The second kappa shape index (κ2) is 6.23. The highest BCUT2D eigenvalue weighted by molar-refractivity contribution is 5.78. The standard InChI is InChI=1S/C13H13F3N2O/c1-9(7-13(14,15)16)18-12(19)6-10-2-4-11(8-17)5-3-10/h2-5,9H,6-7H2,1H3,(H,18,19). The normalized spacial score (nSPS) is 12.6. The Bertz CT molecular complexity index is 474. The maximum Gasteiger partial charge on any atom is 0.391 e. The summed E-state index contributed by atoms with van der Waals surface area (Å²) in [5.41, 5.74) is 1.12. The van der Waals surface area contributed by atoms with Crippen molar-refractivity contribution in [2.24, 2.45) is 0 Å². The molecule has 0 radical (unpaired) electrons.